The van der Waals surface area contributed by atoms with E-state index in [1.165, 1.54) is 38.5 Å². The molecule has 0 bridgehead atoms. The van der Waals surface area contributed by atoms with E-state index >= 15 is 0 Å². The maximum atomic E-state index is 10.2. The third-order valence-corrected chi connectivity index (χ3v) is 5.45. The van der Waals surface area contributed by atoms with Crippen LogP contribution in [0.5, 0.6) is 0 Å². The number of unbranched alkanes of at least 4 members (excludes halogenated alkanes) is 1. The van der Waals surface area contributed by atoms with Crippen LogP contribution in [0.2, 0.25) is 0 Å². The fraction of sp³-hybridized carbons (Fsp3) is 0.818. The normalized spacial score (nSPS) is 17.4. The van der Waals surface area contributed by atoms with E-state index in [1.54, 1.807) is 5.57 Å². The summed E-state index contributed by atoms with van der Waals surface area (Å²) >= 11 is 0. The van der Waals surface area contributed by atoms with Crippen molar-refractivity contribution in [1.82, 2.24) is 0 Å². The average Bonchev–Trinajstić information content (AvgIpc) is 2.62. The minimum Gasteiger partial charge on any atom is -0.390 e. The maximum absolute atomic E-state index is 10.2. The van der Waals surface area contributed by atoms with Gasteiger partial charge in [-0.3, -0.25) is 0 Å². The Morgan fingerprint density at radius 2 is 1.83 bits per heavy atom. The highest BCUT2D eigenvalue weighted by Gasteiger charge is 2.21. The summed E-state index contributed by atoms with van der Waals surface area (Å²) in [6.07, 6.45) is 20.9. The second-order valence-electron chi connectivity index (χ2n) is 7.46. The SMILES string of the molecule is CCC(O)(CC)CCCO[C@H](C)CCC/C=C/C=C1CCCCC1. The molecule has 140 valence electrons. The van der Waals surface area contributed by atoms with Gasteiger partial charge in [0.15, 0.2) is 0 Å². The van der Waals surface area contributed by atoms with E-state index in [2.05, 4.69) is 39.0 Å². The molecule has 1 atom stereocenters. The Morgan fingerprint density at radius 1 is 1.12 bits per heavy atom. The van der Waals surface area contributed by atoms with Crippen molar-refractivity contribution in [3.63, 3.8) is 0 Å². The Balaban J connectivity index is 2.02. The van der Waals surface area contributed by atoms with Gasteiger partial charge in [-0.2, -0.15) is 0 Å². The molecule has 0 spiro atoms. The van der Waals surface area contributed by atoms with Gasteiger partial charge in [0.05, 0.1) is 11.7 Å². The van der Waals surface area contributed by atoms with Crippen molar-refractivity contribution in [2.45, 2.75) is 110 Å². The first-order valence-electron chi connectivity index (χ1n) is 10.3. The minimum absolute atomic E-state index is 0.325. The van der Waals surface area contributed by atoms with Crippen LogP contribution in [-0.4, -0.2) is 23.4 Å². The molecule has 1 N–H and O–H groups in total. The lowest BCUT2D eigenvalue weighted by Gasteiger charge is -2.25. The van der Waals surface area contributed by atoms with E-state index < -0.39 is 5.60 Å². The highest BCUT2D eigenvalue weighted by molar-refractivity contribution is 5.13. The van der Waals surface area contributed by atoms with Crippen LogP contribution in [0.3, 0.4) is 0 Å². The van der Waals surface area contributed by atoms with E-state index in [1.807, 2.05) is 0 Å². The van der Waals surface area contributed by atoms with Crippen LogP contribution < -0.4 is 0 Å². The first kappa shape index (κ1) is 21.4. The summed E-state index contributed by atoms with van der Waals surface area (Å²) in [5, 5.41) is 10.2. The molecule has 1 saturated carbocycles. The lowest BCUT2D eigenvalue weighted by Crippen LogP contribution is -2.27. The van der Waals surface area contributed by atoms with Gasteiger partial charge in [0.25, 0.3) is 0 Å². The second kappa shape index (κ2) is 12.7. The molecule has 1 rings (SSSR count). The molecule has 1 aliphatic rings. The third kappa shape index (κ3) is 9.64. The molecule has 0 heterocycles. The van der Waals surface area contributed by atoms with Crippen LogP contribution in [-0.2, 0) is 4.74 Å². The third-order valence-electron chi connectivity index (χ3n) is 5.45. The first-order chi connectivity index (χ1) is 11.6. The molecule has 2 nitrogen and oxygen atoms in total. The Hall–Kier alpha value is -0.600. The van der Waals surface area contributed by atoms with Gasteiger partial charge in [0.1, 0.15) is 0 Å². The minimum atomic E-state index is -0.482. The predicted molar refractivity (Wildman–Crippen MR) is 104 cm³/mol. The summed E-state index contributed by atoms with van der Waals surface area (Å²) in [6.45, 7) is 7.06. The topological polar surface area (TPSA) is 29.5 Å². The summed E-state index contributed by atoms with van der Waals surface area (Å²) < 4.78 is 5.88. The Morgan fingerprint density at radius 3 is 2.50 bits per heavy atom. The number of ether oxygens (including phenoxy) is 1. The molecule has 1 fully saturated rings. The van der Waals surface area contributed by atoms with Crippen LogP contribution in [0.25, 0.3) is 0 Å². The fourth-order valence-electron chi connectivity index (χ4n) is 3.37. The molecule has 24 heavy (non-hydrogen) atoms. The van der Waals surface area contributed by atoms with Gasteiger partial charge in [0, 0.05) is 6.61 Å². The van der Waals surface area contributed by atoms with Gasteiger partial charge < -0.3 is 9.84 Å². The van der Waals surface area contributed by atoms with Gasteiger partial charge in [-0.1, -0.05) is 44.1 Å². The lowest BCUT2D eigenvalue weighted by atomic mass is 9.92. The van der Waals surface area contributed by atoms with Crippen molar-refractivity contribution in [3.05, 3.63) is 23.8 Å². The zero-order chi connectivity index (χ0) is 17.7. The largest absolute Gasteiger partial charge is 0.390 e. The predicted octanol–water partition coefficient (Wildman–Crippen LogP) is 6.34. The van der Waals surface area contributed by atoms with E-state index in [9.17, 15) is 5.11 Å². The number of hydrogen-bond donors (Lipinski definition) is 1. The molecule has 0 aromatic heterocycles. The molecule has 0 saturated heterocycles. The number of allylic oxidation sites excluding steroid dienone is 4. The van der Waals surface area contributed by atoms with Crippen LogP contribution in [0.4, 0.5) is 0 Å². The molecule has 2 heteroatoms. The van der Waals surface area contributed by atoms with Crippen LogP contribution in [0.1, 0.15) is 97.8 Å². The quantitative estimate of drug-likeness (QED) is 0.421. The Labute approximate surface area is 150 Å². The lowest BCUT2D eigenvalue weighted by molar-refractivity contribution is 0.00226. The summed E-state index contributed by atoms with van der Waals surface area (Å²) in [4.78, 5) is 0. The van der Waals surface area contributed by atoms with Crippen molar-refractivity contribution >= 4 is 0 Å². The summed E-state index contributed by atoms with van der Waals surface area (Å²) in [5.41, 5.74) is 1.15. The molecule has 0 aromatic carbocycles. The number of aliphatic hydroxyl groups is 1. The number of hydrogen-bond acceptors (Lipinski definition) is 2. The van der Waals surface area contributed by atoms with Gasteiger partial charge in [0.2, 0.25) is 0 Å². The highest BCUT2D eigenvalue weighted by Crippen LogP contribution is 2.23. The Bertz CT molecular complexity index is 358. The smallest absolute Gasteiger partial charge is 0.0643 e. The average molecular weight is 337 g/mol. The highest BCUT2D eigenvalue weighted by atomic mass is 16.5. The summed E-state index contributed by atoms with van der Waals surface area (Å²) in [5.74, 6) is 0. The molecule has 0 amide bonds. The van der Waals surface area contributed by atoms with Gasteiger partial charge >= 0.3 is 0 Å². The van der Waals surface area contributed by atoms with Crippen LogP contribution >= 0.6 is 0 Å². The zero-order valence-electron chi connectivity index (χ0n) is 16.4. The van der Waals surface area contributed by atoms with E-state index in [0.29, 0.717) is 6.10 Å². The van der Waals surface area contributed by atoms with E-state index in [0.717, 1.165) is 45.1 Å². The molecule has 0 unspecified atom stereocenters. The molecule has 0 aliphatic heterocycles. The van der Waals surface area contributed by atoms with E-state index in [4.69, 9.17) is 4.74 Å². The maximum Gasteiger partial charge on any atom is 0.0643 e. The van der Waals surface area contributed by atoms with Crippen molar-refractivity contribution < 1.29 is 9.84 Å². The van der Waals surface area contributed by atoms with Crippen LogP contribution in [0, 0.1) is 0 Å². The van der Waals surface area contributed by atoms with Gasteiger partial charge in [-0.15, -0.1) is 0 Å². The van der Waals surface area contributed by atoms with Crippen LogP contribution in [0.15, 0.2) is 23.8 Å². The van der Waals surface area contributed by atoms with Crippen molar-refractivity contribution in [2.24, 2.45) is 0 Å². The first-order valence-corrected chi connectivity index (χ1v) is 10.3. The molecule has 1 aliphatic carbocycles. The molecule has 0 radical (unpaired) electrons. The van der Waals surface area contributed by atoms with Crippen molar-refractivity contribution in [3.8, 4) is 0 Å². The van der Waals surface area contributed by atoms with Crippen molar-refractivity contribution in [1.29, 1.82) is 0 Å². The standard InChI is InChI=1S/C22H40O2/c1-4-22(23,5-2)18-13-19-24-20(3)14-9-6-7-10-15-21-16-11-8-12-17-21/h7,10,15,20,23H,4-6,8-9,11-14,16-19H2,1-3H3/b10-7+/t20-/m1/s1. The number of rotatable bonds is 12. The second-order valence-corrected chi connectivity index (χ2v) is 7.46. The molecular weight excluding hydrogens is 296 g/mol. The van der Waals surface area contributed by atoms with Gasteiger partial charge in [-0.25, -0.2) is 0 Å². The zero-order valence-corrected chi connectivity index (χ0v) is 16.4. The van der Waals surface area contributed by atoms with E-state index in [-0.39, 0.29) is 0 Å². The van der Waals surface area contributed by atoms with Gasteiger partial charge in [-0.05, 0) is 77.6 Å². The molecule has 0 aromatic rings. The molecular formula is C22H40O2. The summed E-state index contributed by atoms with van der Waals surface area (Å²) in [7, 11) is 0. The fourth-order valence-corrected chi connectivity index (χ4v) is 3.37. The van der Waals surface area contributed by atoms with Crippen molar-refractivity contribution in [2.75, 3.05) is 6.61 Å². The summed E-state index contributed by atoms with van der Waals surface area (Å²) in [6, 6.07) is 0. The monoisotopic (exact) mass is 336 g/mol. The Kier molecular flexibility index (Phi) is 11.4.